The maximum absolute atomic E-state index is 14.0. The second-order valence-electron chi connectivity index (χ2n) is 8.62. The Bertz CT molecular complexity index is 962. The first kappa shape index (κ1) is 19.9. The zero-order valence-corrected chi connectivity index (χ0v) is 18.6. The maximum Gasteiger partial charge on any atom is 0.260 e. The van der Waals surface area contributed by atoms with Gasteiger partial charge in [-0.1, -0.05) is 27.7 Å². The third-order valence-electron chi connectivity index (χ3n) is 6.46. The van der Waals surface area contributed by atoms with Crippen molar-refractivity contribution in [2.24, 2.45) is 5.41 Å². The van der Waals surface area contributed by atoms with Crippen LogP contribution in [0.4, 0.5) is 0 Å². The average molecular weight is 446 g/mol. The number of amides is 2. The number of fused-ring (bicyclic) bond motifs is 1. The summed E-state index contributed by atoms with van der Waals surface area (Å²) in [7, 11) is 2.91. The molecule has 7 nitrogen and oxygen atoms in total. The topological polar surface area (TPSA) is 82.9 Å². The SMILES string of the molecule is CC1(C(=O)N2CC[C@](C)(C#N)[C@@H]2c2ccc3c(c2)OCO3)SSCC(=O)N1C1CC1. The smallest absolute Gasteiger partial charge is 0.260 e. The summed E-state index contributed by atoms with van der Waals surface area (Å²) < 4.78 is 11.0. The van der Waals surface area contributed by atoms with Gasteiger partial charge in [-0.25, -0.2) is 0 Å². The number of carbonyl (C=O) groups excluding carboxylic acids is 2. The van der Waals surface area contributed by atoms with Gasteiger partial charge in [0, 0.05) is 12.6 Å². The molecule has 0 aromatic heterocycles. The summed E-state index contributed by atoms with van der Waals surface area (Å²) in [6, 6.07) is 7.81. The molecule has 0 bridgehead atoms. The predicted molar refractivity (Wildman–Crippen MR) is 114 cm³/mol. The van der Waals surface area contributed by atoms with Crippen molar-refractivity contribution in [1.82, 2.24) is 9.80 Å². The molecule has 1 aromatic carbocycles. The highest BCUT2D eigenvalue weighted by Gasteiger charge is 2.57. The molecule has 3 fully saturated rings. The first-order valence-electron chi connectivity index (χ1n) is 10.1. The minimum absolute atomic E-state index is 0.0268. The van der Waals surface area contributed by atoms with Gasteiger partial charge < -0.3 is 19.3 Å². The number of hydrogen-bond donors (Lipinski definition) is 0. The molecule has 1 unspecified atom stereocenters. The van der Waals surface area contributed by atoms with Gasteiger partial charge in [0.05, 0.1) is 23.3 Å². The number of hydrogen-bond acceptors (Lipinski definition) is 7. The molecular formula is C21H23N3O4S2. The number of rotatable bonds is 3. The highest BCUT2D eigenvalue weighted by molar-refractivity contribution is 8.77. The lowest BCUT2D eigenvalue weighted by Gasteiger charge is -2.45. The van der Waals surface area contributed by atoms with Crippen LogP contribution in [-0.2, 0) is 9.59 Å². The molecule has 158 valence electrons. The van der Waals surface area contributed by atoms with E-state index in [0.717, 1.165) is 18.4 Å². The third kappa shape index (κ3) is 2.95. The Morgan fingerprint density at radius 1 is 1.27 bits per heavy atom. The fraction of sp³-hybridized carbons (Fsp3) is 0.571. The Hall–Kier alpha value is -2.05. The Balaban J connectivity index is 1.53. The number of nitriles is 1. The van der Waals surface area contributed by atoms with Crippen molar-refractivity contribution in [3.8, 4) is 17.6 Å². The van der Waals surface area contributed by atoms with Crippen LogP contribution in [0.15, 0.2) is 18.2 Å². The second kappa shape index (κ2) is 6.99. The van der Waals surface area contributed by atoms with Crippen LogP contribution in [0, 0.1) is 16.7 Å². The van der Waals surface area contributed by atoms with Gasteiger partial charge in [-0.15, -0.1) is 0 Å². The molecule has 2 saturated heterocycles. The molecule has 3 heterocycles. The molecule has 0 spiro atoms. The fourth-order valence-corrected chi connectivity index (χ4v) is 7.43. The van der Waals surface area contributed by atoms with Crippen molar-refractivity contribution < 1.29 is 19.1 Å². The van der Waals surface area contributed by atoms with E-state index in [9.17, 15) is 14.9 Å². The molecule has 4 aliphatic rings. The van der Waals surface area contributed by atoms with Gasteiger partial charge in [0.15, 0.2) is 16.4 Å². The highest BCUT2D eigenvalue weighted by Crippen LogP contribution is 2.53. The van der Waals surface area contributed by atoms with E-state index in [1.54, 1.807) is 4.90 Å². The van der Waals surface area contributed by atoms with Crippen LogP contribution in [0.5, 0.6) is 11.5 Å². The zero-order chi connectivity index (χ0) is 21.1. The summed E-state index contributed by atoms with van der Waals surface area (Å²) in [5.74, 6) is 1.63. The van der Waals surface area contributed by atoms with E-state index < -0.39 is 16.3 Å². The van der Waals surface area contributed by atoms with E-state index in [1.807, 2.05) is 36.9 Å². The van der Waals surface area contributed by atoms with Crippen LogP contribution in [0.2, 0.25) is 0 Å². The molecule has 1 aromatic rings. The summed E-state index contributed by atoms with van der Waals surface area (Å²) in [6.07, 6.45) is 2.47. The minimum Gasteiger partial charge on any atom is -0.454 e. The van der Waals surface area contributed by atoms with Crippen molar-refractivity contribution in [1.29, 1.82) is 5.26 Å². The van der Waals surface area contributed by atoms with Gasteiger partial charge in [0.2, 0.25) is 12.7 Å². The van der Waals surface area contributed by atoms with Crippen LogP contribution in [0.1, 0.15) is 44.7 Å². The summed E-state index contributed by atoms with van der Waals surface area (Å²) in [6.45, 7) is 4.42. The molecule has 0 N–H and O–H groups in total. The quantitative estimate of drug-likeness (QED) is 0.660. The number of likely N-dealkylation sites (tertiary alicyclic amines) is 1. The Labute approximate surface area is 183 Å². The van der Waals surface area contributed by atoms with Crippen molar-refractivity contribution >= 4 is 33.4 Å². The van der Waals surface area contributed by atoms with E-state index >= 15 is 0 Å². The van der Waals surface area contributed by atoms with E-state index in [4.69, 9.17) is 9.47 Å². The van der Waals surface area contributed by atoms with Crippen LogP contribution < -0.4 is 9.47 Å². The summed E-state index contributed by atoms with van der Waals surface area (Å²) in [5.41, 5.74) is 0.135. The number of nitrogens with zero attached hydrogens (tertiary/aromatic N) is 3. The molecule has 2 amide bonds. The lowest BCUT2D eigenvalue weighted by Crippen LogP contribution is -2.60. The van der Waals surface area contributed by atoms with Gasteiger partial charge in [0.25, 0.3) is 5.91 Å². The van der Waals surface area contributed by atoms with Crippen LogP contribution in [0.25, 0.3) is 0 Å². The van der Waals surface area contributed by atoms with Crippen molar-refractivity contribution in [3.63, 3.8) is 0 Å². The average Bonchev–Trinajstić information content (AvgIpc) is 3.33. The van der Waals surface area contributed by atoms with Gasteiger partial charge in [-0.2, -0.15) is 5.26 Å². The van der Waals surface area contributed by atoms with Gasteiger partial charge in [0.1, 0.15) is 0 Å². The van der Waals surface area contributed by atoms with Crippen molar-refractivity contribution in [2.75, 3.05) is 19.1 Å². The molecule has 5 rings (SSSR count). The zero-order valence-electron chi connectivity index (χ0n) is 16.9. The lowest BCUT2D eigenvalue weighted by atomic mass is 9.80. The highest BCUT2D eigenvalue weighted by atomic mass is 33.1. The first-order chi connectivity index (χ1) is 14.4. The number of ether oxygens (including phenoxy) is 2. The Morgan fingerprint density at radius 3 is 2.77 bits per heavy atom. The normalized spacial score (nSPS) is 33.0. The van der Waals surface area contributed by atoms with Crippen molar-refractivity contribution in [3.05, 3.63) is 23.8 Å². The predicted octanol–water partition coefficient (Wildman–Crippen LogP) is 3.32. The minimum atomic E-state index is -0.962. The third-order valence-corrected chi connectivity index (χ3v) is 9.32. The number of carbonyl (C=O) groups is 2. The van der Waals surface area contributed by atoms with Crippen LogP contribution in [0.3, 0.4) is 0 Å². The van der Waals surface area contributed by atoms with E-state index in [1.165, 1.54) is 21.6 Å². The molecule has 1 saturated carbocycles. The Morgan fingerprint density at radius 2 is 2.03 bits per heavy atom. The summed E-state index contributed by atoms with van der Waals surface area (Å²) in [4.78, 5) is 29.3. The fourth-order valence-electron chi connectivity index (χ4n) is 4.76. The van der Waals surface area contributed by atoms with Gasteiger partial charge >= 0.3 is 0 Å². The Kier molecular flexibility index (Phi) is 4.63. The summed E-state index contributed by atoms with van der Waals surface area (Å²) >= 11 is 0. The molecular weight excluding hydrogens is 422 g/mol. The van der Waals surface area contributed by atoms with E-state index in [2.05, 4.69) is 6.07 Å². The molecule has 9 heteroatoms. The van der Waals surface area contributed by atoms with Gasteiger partial charge in [-0.05, 0) is 50.8 Å². The maximum atomic E-state index is 14.0. The molecule has 3 aliphatic heterocycles. The lowest BCUT2D eigenvalue weighted by molar-refractivity contribution is -0.147. The number of benzene rings is 1. The first-order valence-corrected chi connectivity index (χ1v) is 12.4. The molecule has 30 heavy (non-hydrogen) atoms. The van der Waals surface area contributed by atoms with E-state index in [0.29, 0.717) is 30.2 Å². The summed E-state index contributed by atoms with van der Waals surface area (Å²) in [5, 5.41) is 10.00. The standard InChI is InChI=1S/C21H23N3O4S2/c1-20(11-22)7-8-23(18(20)13-3-6-15-16(9-13)28-12-27-15)19(26)21(2)24(14-4-5-14)17(25)10-29-30-21/h3,6,9,14,18H,4-5,7-8,10,12H2,1-2H3/t18-,20+,21?/m0/s1. The van der Waals surface area contributed by atoms with Crippen LogP contribution >= 0.6 is 21.6 Å². The molecule has 1 aliphatic carbocycles. The second-order valence-corrected chi connectivity index (χ2v) is 11.3. The van der Waals surface area contributed by atoms with Crippen molar-refractivity contribution in [2.45, 2.75) is 50.1 Å². The van der Waals surface area contributed by atoms with E-state index in [-0.39, 0.29) is 24.6 Å². The van der Waals surface area contributed by atoms with Crippen LogP contribution in [-0.4, -0.2) is 51.6 Å². The monoisotopic (exact) mass is 445 g/mol. The van der Waals surface area contributed by atoms with Gasteiger partial charge in [-0.3, -0.25) is 9.59 Å². The largest absolute Gasteiger partial charge is 0.454 e. The molecule has 3 atom stereocenters. The molecule has 0 radical (unpaired) electrons.